The summed E-state index contributed by atoms with van der Waals surface area (Å²) in [6.45, 7) is 0. The van der Waals surface area contributed by atoms with Gasteiger partial charge in [-0.3, -0.25) is 9.69 Å². The molecule has 2 heterocycles. The monoisotopic (exact) mass is 476 g/mol. The third-order valence-corrected chi connectivity index (χ3v) is 5.91. The molecule has 1 atom stereocenters. The van der Waals surface area contributed by atoms with Crippen molar-refractivity contribution in [3.05, 3.63) is 82.1 Å². The first-order valence-corrected chi connectivity index (χ1v) is 10.6. The number of ether oxygens (including phenoxy) is 2. The van der Waals surface area contributed by atoms with Gasteiger partial charge in [-0.1, -0.05) is 30.3 Å². The smallest absolute Gasteiger partial charge is 0.355 e. The van der Waals surface area contributed by atoms with E-state index in [4.69, 9.17) is 15.2 Å². The number of nitrogens with two attached hydrogens (primary N) is 1. The molecule has 0 aromatic heterocycles. The van der Waals surface area contributed by atoms with E-state index in [0.717, 1.165) is 25.2 Å². The molecule has 10 heteroatoms. The molecule has 0 fully saturated rings. The van der Waals surface area contributed by atoms with Gasteiger partial charge in [0.05, 0.1) is 48.7 Å². The highest BCUT2D eigenvalue weighted by atomic mass is 19.1. The first kappa shape index (κ1) is 23.5. The molecule has 0 aliphatic carbocycles. The molecule has 0 saturated heterocycles. The second-order valence-electron chi connectivity index (χ2n) is 7.85. The van der Waals surface area contributed by atoms with Crippen LogP contribution in [0.3, 0.4) is 0 Å². The van der Waals surface area contributed by atoms with Gasteiger partial charge in [-0.15, -0.1) is 0 Å². The molecule has 2 aromatic rings. The summed E-state index contributed by atoms with van der Waals surface area (Å²) in [5, 5.41) is 12.6. The maximum absolute atomic E-state index is 15.1. The third kappa shape index (κ3) is 3.97. The minimum atomic E-state index is -1.03. The fraction of sp³-hybridized carbons (Fsp3) is 0.200. The largest absolute Gasteiger partial charge is 0.466 e. The number of hydrogen-bond donors (Lipinski definition) is 2. The summed E-state index contributed by atoms with van der Waals surface area (Å²) < 4.78 is 25.0. The Balaban J connectivity index is 2.03. The van der Waals surface area contributed by atoms with E-state index >= 15 is 4.39 Å². The quantitative estimate of drug-likeness (QED) is 0.643. The first-order valence-electron chi connectivity index (χ1n) is 10.6. The lowest BCUT2D eigenvalue weighted by atomic mass is 9.81. The number of methoxy groups -OCH3 is 2. The van der Waals surface area contributed by atoms with Crippen molar-refractivity contribution < 1.29 is 28.2 Å². The number of fused-ring (bicyclic) bond motifs is 1. The third-order valence-electron chi connectivity index (χ3n) is 5.91. The Morgan fingerprint density at radius 2 is 1.83 bits per heavy atom. The van der Waals surface area contributed by atoms with Gasteiger partial charge in [-0.05, 0) is 23.6 Å². The van der Waals surface area contributed by atoms with Gasteiger partial charge in [0.1, 0.15) is 17.3 Å². The van der Waals surface area contributed by atoms with E-state index in [1.165, 1.54) is 0 Å². The molecule has 2 aromatic carbocycles. The number of nitrogens with one attached hydrogen (secondary N) is 1. The van der Waals surface area contributed by atoms with Crippen molar-refractivity contribution in [2.75, 3.05) is 24.4 Å². The highest BCUT2D eigenvalue weighted by molar-refractivity contribution is 6.06. The number of nitrogens with zero attached hydrogens (tertiary/aromatic N) is 2. The van der Waals surface area contributed by atoms with Crippen LogP contribution >= 0.6 is 0 Å². The summed E-state index contributed by atoms with van der Waals surface area (Å²) in [5.74, 6) is -4.09. The van der Waals surface area contributed by atoms with Crippen LogP contribution in [0.2, 0.25) is 0 Å². The topological polar surface area (TPSA) is 135 Å². The summed E-state index contributed by atoms with van der Waals surface area (Å²) in [6.07, 6.45) is 0.399. The minimum Gasteiger partial charge on any atom is -0.466 e. The summed E-state index contributed by atoms with van der Waals surface area (Å²) in [4.78, 5) is 39.0. The number of esters is 2. The lowest BCUT2D eigenvalue weighted by Crippen LogP contribution is -2.41. The van der Waals surface area contributed by atoms with Gasteiger partial charge >= 0.3 is 11.9 Å². The predicted molar refractivity (Wildman–Crippen MR) is 123 cm³/mol. The molecule has 4 rings (SSSR count). The van der Waals surface area contributed by atoms with E-state index in [1.807, 2.05) is 6.07 Å². The van der Waals surface area contributed by atoms with Crippen LogP contribution in [0.1, 0.15) is 23.5 Å². The van der Waals surface area contributed by atoms with E-state index in [9.17, 15) is 19.6 Å². The Labute approximate surface area is 200 Å². The van der Waals surface area contributed by atoms with Crippen molar-refractivity contribution in [2.45, 2.75) is 18.8 Å². The van der Waals surface area contributed by atoms with Crippen molar-refractivity contribution in [3.8, 4) is 6.07 Å². The van der Waals surface area contributed by atoms with Gasteiger partial charge in [0.2, 0.25) is 5.91 Å². The van der Waals surface area contributed by atoms with Crippen LogP contribution in [0.15, 0.2) is 65.1 Å². The van der Waals surface area contributed by atoms with Gasteiger partial charge in [-0.25, -0.2) is 14.0 Å². The van der Waals surface area contributed by atoms with Crippen LogP contribution in [0.4, 0.5) is 15.8 Å². The number of anilines is 2. The Hall–Kier alpha value is -4.65. The number of hydrogen-bond acceptors (Lipinski definition) is 8. The highest BCUT2D eigenvalue weighted by Crippen LogP contribution is 2.44. The molecule has 1 amide bonds. The fourth-order valence-electron chi connectivity index (χ4n) is 4.35. The van der Waals surface area contributed by atoms with Crippen molar-refractivity contribution in [3.63, 3.8) is 0 Å². The van der Waals surface area contributed by atoms with Gasteiger partial charge in [-0.2, -0.15) is 5.26 Å². The summed E-state index contributed by atoms with van der Waals surface area (Å²) in [7, 11) is 2.27. The van der Waals surface area contributed by atoms with Gasteiger partial charge in [0.15, 0.2) is 0 Å². The van der Waals surface area contributed by atoms with Crippen LogP contribution < -0.4 is 16.0 Å². The van der Waals surface area contributed by atoms with E-state index in [-0.39, 0.29) is 52.8 Å². The maximum Gasteiger partial charge on any atom is 0.355 e. The number of carbonyl (C=O) groups is 3. The van der Waals surface area contributed by atoms with Gasteiger partial charge in [0, 0.05) is 12.5 Å². The van der Waals surface area contributed by atoms with Crippen molar-refractivity contribution in [1.29, 1.82) is 5.26 Å². The van der Waals surface area contributed by atoms with E-state index in [0.29, 0.717) is 11.1 Å². The van der Waals surface area contributed by atoms with Crippen molar-refractivity contribution in [1.82, 2.24) is 0 Å². The van der Waals surface area contributed by atoms with Crippen LogP contribution in [0.25, 0.3) is 0 Å². The van der Waals surface area contributed by atoms with Crippen LogP contribution in [0.5, 0.6) is 0 Å². The number of benzene rings is 2. The van der Waals surface area contributed by atoms with Crippen molar-refractivity contribution in [2.24, 2.45) is 5.73 Å². The maximum atomic E-state index is 15.1. The molecule has 0 spiro atoms. The Bertz CT molecular complexity index is 1340. The number of nitriles is 1. The van der Waals surface area contributed by atoms with Crippen LogP contribution in [0, 0.1) is 17.1 Å². The van der Waals surface area contributed by atoms with Gasteiger partial charge in [0.25, 0.3) is 0 Å². The van der Waals surface area contributed by atoms with Gasteiger partial charge < -0.3 is 20.5 Å². The number of carbonyl (C=O) groups excluding carboxylic acids is 3. The molecular formula is C25H21FN4O5. The molecule has 3 N–H and O–H groups in total. The lowest BCUT2D eigenvalue weighted by molar-refractivity contribution is -0.139. The molecule has 2 aliphatic rings. The molecule has 9 nitrogen and oxygen atoms in total. The SMILES string of the molecule is COC(=O)C1=C(C(=O)OC)N(c2cc(F)c3c(c2)CCC(=O)N3)C(N)=C(C#N)C1c1ccccc1. The number of allylic oxidation sites excluding steroid dienone is 1. The molecule has 0 radical (unpaired) electrons. The number of halogens is 1. The average molecular weight is 476 g/mol. The Morgan fingerprint density at radius 3 is 2.46 bits per heavy atom. The lowest BCUT2D eigenvalue weighted by Gasteiger charge is -2.36. The minimum absolute atomic E-state index is 0.0315. The van der Waals surface area contributed by atoms with E-state index in [1.54, 1.807) is 36.4 Å². The Morgan fingerprint density at radius 1 is 1.14 bits per heavy atom. The molecule has 35 heavy (non-hydrogen) atoms. The predicted octanol–water partition coefficient (Wildman–Crippen LogP) is 2.61. The zero-order chi connectivity index (χ0) is 25.3. The zero-order valence-electron chi connectivity index (χ0n) is 18.9. The molecule has 1 unspecified atom stereocenters. The normalized spacial score (nSPS) is 17.4. The van der Waals surface area contributed by atoms with Crippen LogP contribution in [-0.4, -0.2) is 32.1 Å². The van der Waals surface area contributed by atoms with Crippen LogP contribution in [-0.2, 0) is 30.3 Å². The Kier molecular flexibility index (Phi) is 6.25. The summed E-state index contributed by atoms with van der Waals surface area (Å²) >= 11 is 0. The van der Waals surface area contributed by atoms with Crippen molar-refractivity contribution >= 4 is 29.2 Å². The first-order chi connectivity index (χ1) is 16.8. The standard InChI is InChI=1S/C25H21FN4O5/c1-34-24(32)20-19(13-6-4-3-5-7-13)16(12-27)23(28)30(22(20)25(33)35-2)15-10-14-8-9-18(31)29-21(14)17(26)11-15/h3-7,10-11,19H,8-9,28H2,1-2H3,(H,29,31). The molecule has 0 bridgehead atoms. The fourth-order valence-corrected chi connectivity index (χ4v) is 4.35. The highest BCUT2D eigenvalue weighted by Gasteiger charge is 2.43. The zero-order valence-corrected chi connectivity index (χ0v) is 18.9. The summed E-state index contributed by atoms with van der Waals surface area (Å²) in [6, 6.07) is 13.2. The van der Waals surface area contributed by atoms with E-state index in [2.05, 4.69) is 5.32 Å². The molecular weight excluding hydrogens is 455 g/mol. The summed E-state index contributed by atoms with van der Waals surface area (Å²) in [5.41, 5.74) is 7.02. The number of aryl methyl sites for hydroxylation is 1. The number of amides is 1. The van der Waals surface area contributed by atoms with E-state index < -0.39 is 23.7 Å². The second-order valence-corrected chi connectivity index (χ2v) is 7.85. The average Bonchev–Trinajstić information content (AvgIpc) is 2.87. The number of rotatable bonds is 4. The second kappa shape index (κ2) is 9.30. The molecule has 0 saturated carbocycles. The molecule has 178 valence electrons. The molecule has 2 aliphatic heterocycles.